The van der Waals surface area contributed by atoms with Gasteiger partial charge in [-0.15, -0.1) is 0 Å². The maximum absolute atomic E-state index is 8.77. The summed E-state index contributed by atoms with van der Waals surface area (Å²) in [5, 5.41) is 9.24. The van der Waals surface area contributed by atoms with Crippen molar-refractivity contribution in [3.8, 4) is 17.3 Å². The molecule has 0 atom stereocenters. The lowest BCUT2D eigenvalue weighted by molar-refractivity contribution is 1.28. The SMILES string of the molecule is Cc1ccnc(-c2ccc(C#N)c(Cl)c2)c1. The molecule has 0 bridgehead atoms. The van der Waals surface area contributed by atoms with Crippen LogP contribution in [0.4, 0.5) is 0 Å². The number of nitrogens with zero attached hydrogens (tertiary/aromatic N) is 2. The first kappa shape index (κ1) is 10.7. The molecule has 1 aromatic carbocycles. The van der Waals surface area contributed by atoms with Gasteiger partial charge in [0.25, 0.3) is 0 Å². The van der Waals surface area contributed by atoms with Crippen molar-refractivity contribution in [2.45, 2.75) is 6.92 Å². The zero-order valence-corrected chi connectivity index (χ0v) is 9.49. The third-order valence-electron chi connectivity index (χ3n) is 2.30. The average molecular weight is 229 g/mol. The molecule has 0 aliphatic heterocycles. The monoisotopic (exact) mass is 228 g/mol. The minimum absolute atomic E-state index is 0.461. The van der Waals surface area contributed by atoms with E-state index in [1.807, 2.05) is 31.2 Å². The number of rotatable bonds is 1. The third-order valence-corrected chi connectivity index (χ3v) is 2.61. The van der Waals surface area contributed by atoms with Gasteiger partial charge in [0.1, 0.15) is 6.07 Å². The van der Waals surface area contributed by atoms with Crippen LogP contribution in [-0.2, 0) is 0 Å². The van der Waals surface area contributed by atoms with E-state index in [9.17, 15) is 0 Å². The second-order valence-electron chi connectivity index (χ2n) is 3.52. The number of halogens is 1. The minimum Gasteiger partial charge on any atom is -0.256 e. The molecule has 0 radical (unpaired) electrons. The maximum atomic E-state index is 8.77. The minimum atomic E-state index is 0.461. The quantitative estimate of drug-likeness (QED) is 0.748. The van der Waals surface area contributed by atoms with Gasteiger partial charge in [0, 0.05) is 11.8 Å². The van der Waals surface area contributed by atoms with E-state index in [2.05, 4.69) is 4.98 Å². The Morgan fingerprint density at radius 2 is 2.06 bits per heavy atom. The summed E-state index contributed by atoms with van der Waals surface area (Å²) in [4.78, 5) is 4.26. The molecular formula is C13H9ClN2. The molecule has 3 heteroatoms. The van der Waals surface area contributed by atoms with E-state index in [1.165, 1.54) is 0 Å². The summed E-state index contributed by atoms with van der Waals surface area (Å²) in [7, 11) is 0. The van der Waals surface area contributed by atoms with Gasteiger partial charge in [-0.25, -0.2) is 0 Å². The second-order valence-corrected chi connectivity index (χ2v) is 3.93. The highest BCUT2D eigenvalue weighted by Crippen LogP contribution is 2.24. The molecule has 1 heterocycles. The van der Waals surface area contributed by atoms with Crippen LogP contribution in [0, 0.1) is 18.3 Å². The normalized spacial score (nSPS) is 9.81. The lowest BCUT2D eigenvalue weighted by atomic mass is 10.1. The fraction of sp³-hybridized carbons (Fsp3) is 0.0769. The largest absolute Gasteiger partial charge is 0.256 e. The van der Waals surface area contributed by atoms with E-state index in [0.29, 0.717) is 10.6 Å². The number of aryl methyl sites for hydroxylation is 1. The standard InChI is InChI=1S/C13H9ClN2/c1-9-4-5-16-13(6-9)10-2-3-11(8-15)12(14)7-10/h2-7H,1H3. The number of hydrogen-bond donors (Lipinski definition) is 0. The van der Waals surface area contributed by atoms with Gasteiger partial charge in [0.15, 0.2) is 0 Å². The molecule has 0 N–H and O–H groups in total. The Morgan fingerprint density at radius 1 is 1.25 bits per heavy atom. The molecule has 0 saturated heterocycles. The molecule has 2 nitrogen and oxygen atoms in total. The summed E-state index contributed by atoms with van der Waals surface area (Å²) in [5.74, 6) is 0. The van der Waals surface area contributed by atoms with Crippen molar-refractivity contribution in [1.29, 1.82) is 5.26 Å². The van der Waals surface area contributed by atoms with Crippen LogP contribution in [0.5, 0.6) is 0 Å². The summed E-state index contributed by atoms with van der Waals surface area (Å²) in [6.07, 6.45) is 1.76. The zero-order valence-electron chi connectivity index (χ0n) is 8.74. The Hall–Kier alpha value is -1.85. The second kappa shape index (κ2) is 4.34. The van der Waals surface area contributed by atoms with Crippen molar-refractivity contribution < 1.29 is 0 Å². The van der Waals surface area contributed by atoms with Crippen LogP contribution in [0.3, 0.4) is 0 Å². The Bertz CT molecular complexity index is 570. The van der Waals surface area contributed by atoms with Gasteiger partial charge in [-0.1, -0.05) is 17.7 Å². The first-order chi connectivity index (χ1) is 7.70. The van der Waals surface area contributed by atoms with Gasteiger partial charge in [-0.2, -0.15) is 5.26 Å². The lowest BCUT2D eigenvalue weighted by Crippen LogP contribution is -1.85. The first-order valence-electron chi connectivity index (χ1n) is 4.83. The van der Waals surface area contributed by atoms with E-state index in [0.717, 1.165) is 16.8 Å². The van der Waals surface area contributed by atoms with Crippen LogP contribution < -0.4 is 0 Å². The lowest BCUT2D eigenvalue weighted by Gasteiger charge is -2.03. The number of benzene rings is 1. The fourth-order valence-corrected chi connectivity index (χ4v) is 1.68. The Morgan fingerprint density at radius 3 is 2.69 bits per heavy atom. The molecule has 0 unspecified atom stereocenters. The molecule has 1 aromatic heterocycles. The van der Waals surface area contributed by atoms with Gasteiger partial charge >= 0.3 is 0 Å². The predicted molar refractivity (Wildman–Crippen MR) is 64.1 cm³/mol. The van der Waals surface area contributed by atoms with Crippen molar-refractivity contribution >= 4 is 11.6 Å². The van der Waals surface area contributed by atoms with Gasteiger partial charge in [0.05, 0.1) is 16.3 Å². The average Bonchev–Trinajstić information content (AvgIpc) is 2.29. The van der Waals surface area contributed by atoms with Gasteiger partial charge in [-0.3, -0.25) is 4.98 Å². The number of aromatic nitrogens is 1. The van der Waals surface area contributed by atoms with E-state index >= 15 is 0 Å². The van der Waals surface area contributed by atoms with Crippen LogP contribution in [0.1, 0.15) is 11.1 Å². The van der Waals surface area contributed by atoms with Crippen LogP contribution in [-0.4, -0.2) is 4.98 Å². The Labute approximate surface area is 99.1 Å². The van der Waals surface area contributed by atoms with Crippen molar-refractivity contribution in [2.75, 3.05) is 0 Å². The van der Waals surface area contributed by atoms with Crippen molar-refractivity contribution in [3.63, 3.8) is 0 Å². The van der Waals surface area contributed by atoms with Crippen LogP contribution in [0.2, 0.25) is 5.02 Å². The van der Waals surface area contributed by atoms with Crippen LogP contribution >= 0.6 is 11.6 Å². The van der Waals surface area contributed by atoms with Gasteiger partial charge < -0.3 is 0 Å². The highest BCUT2D eigenvalue weighted by Gasteiger charge is 2.04. The molecule has 0 aliphatic carbocycles. The van der Waals surface area contributed by atoms with Crippen LogP contribution in [0.25, 0.3) is 11.3 Å². The third kappa shape index (κ3) is 2.05. The molecule has 0 spiro atoms. The predicted octanol–water partition coefficient (Wildman–Crippen LogP) is 3.58. The Kier molecular flexibility index (Phi) is 2.89. The van der Waals surface area contributed by atoms with Crippen molar-refractivity contribution in [3.05, 3.63) is 52.7 Å². The maximum Gasteiger partial charge on any atom is 0.101 e. The summed E-state index contributed by atoms with van der Waals surface area (Å²) in [5.41, 5.74) is 3.42. The van der Waals surface area contributed by atoms with Gasteiger partial charge in [0.2, 0.25) is 0 Å². The topological polar surface area (TPSA) is 36.7 Å². The zero-order chi connectivity index (χ0) is 11.5. The molecule has 2 rings (SSSR count). The first-order valence-corrected chi connectivity index (χ1v) is 5.21. The number of pyridine rings is 1. The summed E-state index contributed by atoms with van der Waals surface area (Å²) in [6.45, 7) is 2.01. The molecule has 78 valence electrons. The summed E-state index contributed by atoms with van der Waals surface area (Å²) < 4.78 is 0. The molecule has 0 fully saturated rings. The smallest absolute Gasteiger partial charge is 0.101 e. The van der Waals surface area contributed by atoms with Crippen molar-refractivity contribution in [1.82, 2.24) is 4.98 Å². The molecule has 0 aliphatic rings. The summed E-state index contributed by atoms with van der Waals surface area (Å²) >= 11 is 5.97. The van der Waals surface area contributed by atoms with Crippen LogP contribution in [0.15, 0.2) is 36.5 Å². The molecule has 0 saturated carbocycles. The number of hydrogen-bond acceptors (Lipinski definition) is 2. The molecule has 2 aromatic rings. The Balaban J connectivity index is 2.50. The molecule has 16 heavy (non-hydrogen) atoms. The number of nitriles is 1. The fourth-order valence-electron chi connectivity index (χ4n) is 1.46. The molecular weight excluding hydrogens is 220 g/mol. The summed E-state index contributed by atoms with van der Waals surface area (Å²) in [6, 6.07) is 11.3. The van der Waals surface area contributed by atoms with E-state index in [1.54, 1.807) is 18.3 Å². The highest BCUT2D eigenvalue weighted by atomic mass is 35.5. The van der Waals surface area contributed by atoms with E-state index in [-0.39, 0.29) is 0 Å². The van der Waals surface area contributed by atoms with E-state index < -0.39 is 0 Å². The van der Waals surface area contributed by atoms with E-state index in [4.69, 9.17) is 16.9 Å². The van der Waals surface area contributed by atoms with Crippen molar-refractivity contribution in [2.24, 2.45) is 0 Å². The molecule has 0 amide bonds. The highest BCUT2D eigenvalue weighted by molar-refractivity contribution is 6.32. The van der Waals surface area contributed by atoms with Gasteiger partial charge in [-0.05, 0) is 36.8 Å².